The minimum atomic E-state index is -0.534. The number of nitrogens with zero attached hydrogens (tertiary/aromatic N) is 2. The molecule has 8 heteroatoms. The van der Waals surface area contributed by atoms with Gasteiger partial charge in [0.2, 0.25) is 11.8 Å². The summed E-state index contributed by atoms with van der Waals surface area (Å²) in [5, 5.41) is 8.10. The highest BCUT2D eigenvalue weighted by atomic mass is 16.2. The molecule has 0 aromatic heterocycles. The number of carbonyl (C=O) groups is 3. The van der Waals surface area contributed by atoms with Crippen LogP contribution in [-0.4, -0.2) is 66.9 Å². The number of aryl methyl sites for hydroxylation is 3. The molecule has 1 aliphatic rings. The van der Waals surface area contributed by atoms with E-state index in [4.69, 9.17) is 0 Å². The molecule has 0 aliphatic carbocycles. The van der Waals surface area contributed by atoms with Crippen LogP contribution in [0.1, 0.15) is 22.3 Å². The van der Waals surface area contributed by atoms with Gasteiger partial charge < -0.3 is 10.6 Å². The van der Waals surface area contributed by atoms with Gasteiger partial charge in [-0.15, -0.1) is 0 Å². The van der Waals surface area contributed by atoms with E-state index in [0.717, 1.165) is 27.9 Å². The molecule has 0 atom stereocenters. The van der Waals surface area contributed by atoms with Gasteiger partial charge in [-0.05, 0) is 56.5 Å². The summed E-state index contributed by atoms with van der Waals surface area (Å²) >= 11 is 0. The standard InChI is InChI=1S/C25H33N5O3/c1-17-8-9-21(19(3)14-17)27-25(33)28-24(32)16-30-12-10-29(11-13-30)15-23(31)26-22-7-5-6-18(2)20(22)4/h5-9,14H,10-13,15-16H2,1-4H3,(H,26,31)(H2,27,28,32,33). The van der Waals surface area contributed by atoms with Crippen LogP contribution in [0.5, 0.6) is 0 Å². The van der Waals surface area contributed by atoms with Crippen molar-refractivity contribution in [1.29, 1.82) is 0 Å². The maximum Gasteiger partial charge on any atom is 0.325 e. The van der Waals surface area contributed by atoms with Gasteiger partial charge in [-0.25, -0.2) is 4.79 Å². The first-order valence-electron chi connectivity index (χ1n) is 11.2. The van der Waals surface area contributed by atoms with Crippen LogP contribution >= 0.6 is 0 Å². The normalized spacial score (nSPS) is 14.5. The van der Waals surface area contributed by atoms with Crippen LogP contribution in [0.25, 0.3) is 0 Å². The van der Waals surface area contributed by atoms with Crippen molar-refractivity contribution in [3.8, 4) is 0 Å². The first-order chi connectivity index (χ1) is 15.7. The van der Waals surface area contributed by atoms with Gasteiger partial charge in [-0.2, -0.15) is 0 Å². The van der Waals surface area contributed by atoms with Gasteiger partial charge in [0.1, 0.15) is 0 Å². The van der Waals surface area contributed by atoms with Crippen LogP contribution in [-0.2, 0) is 9.59 Å². The molecule has 33 heavy (non-hydrogen) atoms. The monoisotopic (exact) mass is 451 g/mol. The Morgan fingerprint density at radius 1 is 0.758 bits per heavy atom. The molecule has 1 aliphatic heterocycles. The third-order valence-corrected chi connectivity index (χ3v) is 5.96. The molecule has 8 nitrogen and oxygen atoms in total. The molecular weight excluding hydrogens is 418 g/mol. The van der Waals surface area contributed by atoms with Gasteiger partial charge in [0, 0.05) is 37.6 Å². The number of hydrogen-bond acceptors (Lipinski definition) is 5. The molecule has 0 unspecified atom stereocenters. The Bertz CT molecular complexity index is 1030. The molecule has 2 aromatic carbocycles. The van der Waals surface area contributed by atoms with E-state index in [1.54, 1.807) is 0 Å². The number of carbonyl (C=O) groups excluding carboxylic acids is 3. The number of piperazine rings is 1. The maximum absolute atomic E-state index is 12.4. The third kappa shape index (κ3) is 7.13. The summed E-state index contributed by atoms with van der Waals surface area (Å²) in [7, 11) is 0. The second-order valence-corrected chi connectivity index (χ2v) is 8.67. The molecule has 0 radical (unpaired) electrons. The SMILES string of the molecule is Cc1ccc(NC(=O)NC(=O)CN2CCN(CC(=O)Nc3cccc(C)c3C)CC2)c(C)c1. The van der Waals surface area contributed by atoms with E-state index in [1.165, 1.54) is 0 Å². The van der Waals surface area contributed by atoms with Gasteiger partial charge in [-0.3, -0.25) is 24.7 Å². The van der Waals surface area contributed by atoms with E-state index < -0.39 is 6.03 Å². The number of hydrogen-bond donors (Lipinski definition) is 3. The lowest BCUT2D eigenvalue weighted by Gasteiger charge is -2.33. The largest absolute Gasteiger partial charge is 0.325 e. The van der Waals surface area contributed by atoms with Crippen LogP contribution in [0.2, 0.25) is 0 Å². The van der Waals surface area contributed by atoms with Crippen molar-refractivity contribution in [2.45, 2.75) is 27.7 Å². The molecule has 0 spiro atoms. The Kier molecular flexibility index (Phi) is 8.19. The molecule has 4 amide bonds. The van der Waals surface area contributed by atoms with E-state index in [1.807, 2.05) is 69.0 Å². The topological polar surface area (TPSA) is 93.8 Å². The first-order valence-corrected chi connectivity index (χ1v) is 11.2. The molecule has 3 N–H and O–H groups in total. The molecule has 1 saturated heterocycles. The van der Waals surface area contributed by atoms with E-state index in [9.17, 15) is 14.4 Å². The summed E-state index contributed by atoms with van der Waals surface area (Å²) in [6, 6.07) is 11.0. The Labute approximate surface area is 195 Å². The van der Waals surface area contributed by atoms with Crippen molar-refractivity contribution in [2.75, 3.05) is 49.9 Å². The lowest BCUT2D eigenvalue weighted by atomic mass is 10.1. The Hall–Kier alpha value is -3.23. The van der Waals surface area contributed by atoms with E-state index in [2.05, 4.69) is 20.9 Å². The average Bonchev–Trinajstić information content (AvgIpc) is 2.75. The van der Waals surface area contributed by atoms with Crippen molar-refractivity contribution in [1.82, 2.24) is 15.1 Å². The molecule has 3 rings (SSSR count). The highest BCUT2D eigenvalue weighted by Crippen LogP contribution is 2.18. The lowest BCUT2D eigenvalue weighted by Crippen LogP contribution is -2.51. The number of imide groups is 1. The summed E-state index contributed by atoms with van der Waals surface area (Å²) in [6.45, 7) is 11.0. The molecule has 1 heterocycles. The van der Waals surface area contributed by atoms with Crippen LogP contribution in [0, 0.1) is 27.7 Å². The average molecular weight is 452 g/mol. The summed E-state index contributed by atoms with van der Waals surface area (Å²) in [6.07, 6.45) is 0. The number of urea groups is 1. The Morgan fingerprint density at radius 2 is 1.39 bits per heavy atom. The molecule has 0 saturated carbocycles. The van der Waals surface area contributed by atoms with Crippen LogP contribution in [0.4, 0.5) is 16.2 Å². The summed E-state index contributed by atoms with van der Waals surface area (Å²) in [5.74, 6) is -0.392. The van der Waals surface area contributed by atoms with Crippen molar-refractivity contribution in [3.05, 3.63) is 58.7 Å². The van der Waals surface area contributed by atoms with Gasteiger partial charge in [0.05, 0.1) is 13.1 Å². The van der Waals surface area contributed by atoms with Crippen molar-refractivity contribution >= 4 is 29.2 Å². The number of rotatable bonds is 6. The van der Waals surface area contributed by atoms with Crippen LogP contribution in [0.3, 0.4) is 0 Å². The summed E-state index contributed by atoms with van der Waals surface area (Å²) in [5.41, 5.74) is 5.78. The highest BCUT2D eigenvalue weighted by Gasteiger charge is 2.21. The molecular formula is C25H33N5O3. The zero-order chi connectivity index (χ0) is 24.0. The highest BCUT2D eigenvalue weighted by molar-refractivity contribution is 6.02. The van der Waals surface area contributed by atoms with Crippen LogP contribution < -0.4 is 16.0 Å². The minimum Gasteiger partial charge on any atom is -0.325 e. The number of amides is 4. The molecule has 0 bridgehead atoms. The van der Waals surface area contributed by atoms with Gasteiger partial charge >= 0.3 is 6.03 Å². The second kappa shape index (κ2) is 11.1. The minimum absolute atomic E-state index is 0.0436. The van der Waals surface area contributed by atoms with E-state index >= 15 is 0 Å². The third-order valence-electron chi connectivity index (χ3n) is 5.96. The predicted molar refractivity (Wildman–Crippen MR) is 131 cm³/mol. The number of nitrogens with one attached hydrogen (secondary N) is 3. The van der Waals surface area contributed by atoms with Crippen molar-refractivity contribution in [2.24, 2.45) is 0 Å². The zero-order valence-corrected chi connectivity index (χ0v) is 19.8. The first kappa shape index (κ1) is 24.4. The van der Waals surface area contributed by atoms with Crippen LogP contribution in [0.15, 0.2) is 36.4 Å². The number of anilines is 2. The zero-order valence-electron chi connectivity index (χ0n) is 19.8. The Balaban J connectivity index is 1.38. The van der Waals surface area contributed by atoms with Crippen molar-refractivity contribution in [3.63, 3.8) is 0 Å². The Morgan fingerprint density at radius 3 is 2.03 bits per heavy atom. The smallest absolute Gasteiger partial charge is 0.325 e. The van der Waals surface area contributed by atoms with Gasteiger partial charge in [0.25, 0.3) is 0 Å². The molecule has 1 fully saturated rings. The van der Waals surface area contributed by atoms with E-state index in [-0.39, 0.29) is 18.4 Å². The summed E-state index contributed by atoms with van der Waals surface area (Å²) < 4.78 is 0. The maximum atomic E-state index is 12.4. The van der Waals surface area contributed by atoms with Gasteiger partial charge in [-0.1, -0.05) is 29.8 Å². The second-order valence-electron chi connectivity index (χ2n) is 8.67. The predicted octanol–water partition coefficient (Wildman–Crippen LogP) is 2.82. The lowest BCUT2D eigenvalue weighted by molar-refractivity contribution is -0.122. The fraction of sp³-hybridized carbons (Fsp3) is 0.400. The molecule has 2 aromatic rings. The quantitative estimate of drug-likeness (QED) is 0.628. The van der Waals surface area contributed by atoms with Crippen molar-refractivity contribution < 1.29 is 14.4 Å². The molecule has 176 valence electrons. The van der Waals surface area contributed by atoms with E-state index in [0.29, 0.717) is 38.4 Å². The fourth-order valence-electron chi connectivity index (χ4n) is 3.86. The number of benzene rings is 2. The summed E-state index contributed by atoms with van der Waals surface area (Å²) in [4.78, 5) is 40.9. The van der Waals surface area contributed by atoms with Gasteiger partial charge in [0.15, 0.2) is 0 Å². The fourth-order valence-corrected chi connectivity index (χ4v) is 3.86.